The van der Waals surface area contributed by atoms with Crippen molar-refractivity contribution in [3.63, 3.8) is 0 Å². The summed E-state index contributed by atoms with van der Waals surface area (Å²) in [5.74, 6) is 0. The molecule has 2 atom stereocenters. The van der Waals surface area contributed by atoms with Gasteiger partial charge in [-0.15, -0.1) is 0 Å². The number of rotatable bonds is 1. The van der Waals surface area contributed by atoms with E-state index >= 15 is 0 Å². The second kappa shape index (κ2) is 3.73. The number of nitrogens with zero attached hydrogens (tertiary/aromatic N) is 1. The fourth-order valence-corrected chi connectivity index (χ4v) is 1.25. The highest BCUT2D eigenvalue weighted by Crippen LogP contribution is 2.23. The molecule has 0 aliphatic carbocycles. The molecular weight excluding hydrogens is 189 g/mol. The fourth-order valence-electron chi connectivity index (χ4n) is 1.25. The normalized spacial score (nSPS) is 27.1. The van der Waals surface area contributed by atoms with E-state index in [2.05, 4.69) is 0 Å². The Hall–Kier alpha value is -0.840. The lowest BCUT2D eigenvalue weighted by atomic mass is 10.0. The van der Waals surface area contributed by atoms with E-state index in [-0.39, 0.29) is 13.2 Å². The minimum atomic E-state index is -1.13. The van der Waals surface area contributed by atoms with Crippen molar-refractivity contribution in [3.05, 3.63) is 0 Å². The van der Waals surface area contributed by atoms with Crippen LogP contribution in [0.4, 0.5) is 9.18 Å². The Bertz CT molecular complexity index is 227. The van der Waals surface area contributed by atoms with E-state index in [4.69, 9.17) is 9.84 Å². The topological polar surface area (TPSA) is 49.8 Å². The van der Waals surface area contributed by atoms with Crippen molar-refractivity contribution in [2.24, 2.45) is 0 Å². The third-order valence-corrected chi connectivity index (χ3v) is 2.00. The Labute approximate surface area is 82.6 Å². The largest absolute Gasteiger partial charge is 0.444 e. The molecule has 0 spiro atoms. The number of ether oxygens (including phenoxy) is 1. The summed E-state index contributed by atoms with van der Waals surface area (Å²) in [6, 6.07) is -0.732. The molecule has 14 heavy (non-hydrogen) atoms. The molecule has 1 saturated heterocycles. The molecule has 1 fully saturated rings. The van der Waals surface area contributed by atoms with E-state index in [9.17, 15) is 9.18 Å². The number of carbonyl (C=O) groups is 1. The number of hydrogen-bond acceptors (Lipinski definition) is 3. The van der Waals surface area contributed by atoms with Gasteiger partial charge in [0.1, 0.15) is 11.8 Å². The van der Waals surface area contributed by atoms with Crippen LogP contribution in [-0.4, -0.2) is 47.1 Å². The second-order valence-corrected chi connectivity index (χ2v) is 4.40. The first-order valence-electron chi connectivity index (χ1n) is 4.59. The molecule has 2 unspecified atom stereocenters. The third-order valence-electron chi connectivity index (χ3n) is 2.00. The van der Waals surface area contributed by atoms with Gasteiger partial charge in [-0.2, -0.15) is 0 Å². The van der Waals surface area contributed by atoms with Gasteiger partial charge in [-0.1, -0.05) is 0 Å². The number of aliphatic hydroxyl groups excluding tert-OH is 1. The summed E-state index contributed by atoms with van der Waals surface area (Å²) in [5, 5.41) is 8.78. The van der Waals surface area contributed by atoms with E-state index in [0.717, 1.165) is 0 Å². The number of alkyl halides is 1. The van der Waals surface area contributed by atoms with E-state index in [1.54, 1.807) is 20.8 Å². The zero-order chi connectivity index (χ0) is 10.9. The Kier molecular flexibility index (Phi) is 2.99. The van der Waals surface area contributed by atoms with Crippen LogP contribution in [0.2, 0.25) is 0 Å². The molecule has 0 aromatic heterocycles. The lowest BCUT2D eigenvalue weighted by Crippen LogP contribution is -2.62. The Balaban J connectivity index is 2.47. The van der Waals surface area contributed by atoms with Crippen molar-refractivity contribution in [1.29, 1.82) is 0 Å². The smallest absolute Gasteiger partial charge is 0.410 e. The van der Waals surface area contributed by atoms with Gasteiger partial charge >= 0.3 is 6.09 Å². The Morgan fingerprint density at radius 3 is 2.57 bits per heavy atom. The molecule has 0 radical (unpaired) electrons. The lowest BCUT2D eigenvalue weighted by Gasteiger charge is -2.42. The van der Waals surface area contributed by atoms with Gasteiger partial charge in [0, 0.05) is 0 Å². The molecule has 5 heteroatoms. The minimum Gasteiger partial charge on any atom is -0.444 e. The van der Waals surface area contributed by atoms with Crippen molar-refractivity contribution >= 4 is 6.09 Å². The highest BCUT2D eigenvalue weighted by atomic mass is 19.1. The number of halogens is 1. The van der Waals surface area contributed by atoms with Crippen molar-refractivity contribution in [3.8, 4) is 0 Å². The molecule has 1 heterocycles. The molecule has 1 N–H and O–H groups in total. The van der Waals surface area contributed by atoms with Gasteiger partial charge in [0.15, 0.2) is 0 Å². The van der Waals surface area contributed by atoms with Crippen LogP contribution in [0.5, 0.6) is 0 Å². The molecule has 1 aliphatic heterocycles. The van der Waals surface area contributed by atoms with Crippen molar-refractivity contribution < 1.29 is 19.0 Å². The van der Waals surface area contributed by atoms with Crippen LogP contribution < -0.4 is 0 Å². The lowest BCUT2D eigenvalue weighted by molar-refractivity contribution is -0.0556. The number of amides is 1. The molecule has 0 aromatic carbocycles. The van der Waals surface area contributed by atoms with Crippen LogP contribution in [0.25, 0.3) is 0 Å². The summed E-state index contributed by atoms with van der Waals surface area (Å²) in [7, 11) is 0. The average Bonchev–Trinajstić information content (AvgIpc) is 1.97. The summed E-state index contributed by atoms with van der Waals surface area (Å²) < 4.78 is 17.8. The highest BCUT2D eigenvalue weighted by molar-refractivity contribution is 5.70. The van der Waals surface area contributed by atoms with E-state index < -0.39 is 23.9 Å². The monoisotopic (exact) mass is 205 g/mol. The summed E-state index contributed by atoms with van der Waals surface area (Å²) in [5.41, 5.74) is -0.585. The van der Waals surface area contributed by atoms with Gasteiger partial charge in [0.2, 0.25) is 0 Å². The predicted molar refractivity (Wildman–Crippen MR) is 48.7 cm³/mol. The van der Waals surface area contributed by atoms with Crippen LogP contribution in [0.1, 0.15) is 20.8 Å². The van der Waals surface area contributed by atoms with E-state index in [1.807, 2.05) is 0 Å². The molecule has 4 nitrogen and oxygen atoms in total. The van der Waals surface area contributed by atoms with E-state index in [0.29, 0.717) is 0 Å². The van der Waals surface area contributed by atoms with Crippen molar-refractivity contribution in [2.75, 3.05) is 13.2 Å². The fraction of sp³-hybridized carbons (Fsp3) is 0.889. The van der Waals surface area contributed by atoms with Gasteiger partial charge in [0.05, 0.1) is 19.2 Å². The minimum absolute atomic E-state index is 0.0140. The number of aliphatic hydroxyl groups is 1. The summed E-state index contributed by atoms with van der Waals surface area (Å²) in [4.78, 5) is 12.6. The van der Waals surface area contributed by atoms with Gasteiger partial charge in [0.25, 0.3) is 0 Å². The standard InChI is InChI=1S/C9H16FNO3/c1-9(2,3)14-8(13)11-4-6(10)7(11)5-12/h6-7,12H,4-5H2,1-3H3. The Morgan fingerprint density at radius 2 is 2.21 bits per heavy atom. The van der Waals surface area contributed by atoms with Crippen LogP contribution in [0, 0.1) is 0 Å². The SMILES string of the molecule is CC(C)(C)OC(=O)N1CC(F)C1CO. The summed E-state index contributed by atoms with van der Waals surface area (Å²) in [6.07, 6.45) is -1.70. The predicted octanol–water partition coefficient (Wildman–Crippen LogP) is 0.936. The molecule has 0 aromatic rings. The number of likely N-dealkylation sites (tertiary alicyclic amines) is 1. The van der Waals surface area contributed by atoms with Crippen LogP contribution in [0.3, 0.4) is 0 Å². The van der Waals surface area contributed by atoms with Gasteiger partial charge in [-0.05, 0) is 20.8 Å². The maximum Gasteiger partial charge on any atom is 0.410 e. The van der Waals surface area contributed by atoms with Crippen molar-refractivity contribution in [2.45, 2.75) is 38.6 Å². The number of carbonyl (C=O) groups excluding carboxylic acids is 1. The van der Waals surface area contributed by atoms with Crippen molar-refractivity contribution in [1.82, 2.24) is 4.90 Å². The second-order valence-electron chi connectivity index (χ2n) is 4.40. The van der Waals surface area contributed by atoms with Crippen LogP contribution in [0.15, 0.2) is 0 Å². The quantitative estimate of drug-likeness (QED) is 0.693. The van der Waals surface area contributed by atoms with Gasteiger partial charge < -0.3 is 9.84 Å². The van der Waals surface area contributed by atoms with E-state index in [1.165, 1.54) is 4.90 Å². The van der Waals surface area contributed by atoms with Gasteiger partial charge in [-0.3, -0.25) is 4.90 Å². The first kappa shape index (κ1) is 11.2. The molecule has 82 valence electrons. The zero-order valence-corrected chi connectivity index (χ0v) is 8.66. The first-order chi connectivity index (χ1) is 6.35. The molecular formula is C9H16FNO3. The molecule has 0 bridgehead atoms. The van der Waals surface area contributed by atoms with Crippen LogP contribution >= 0.6 is 0 Å². The van der Waals surface area contributed by atoms with Gasteiger partial charge in [-0.25, -0.2) is 9.18 Å². The number of hydrogen-bond donors (Lipinski definition) is 1. The summed E-state index contributed by atoms with van der Waals surface area (Å²) in [6.45, 7) is 4.88. The third kappa shape index (κ3) is 2.35. The van der Waals surface area contributed by atoms with Crippen LogP contribution in [-0.2, 0) is 4.74 Å². The highest BCUT2D eigenvalue weighted by Gasteiger charge is 2.43. The molecule has 0 saturated carbocycles. The Morgan fingerprint density at radius 1 is 1.64 bits per heavy atom. The molecule has 1 rings (SSSR count). The maximum atomic E-state index is 12.8. The zero-order valence-electron chi connectivity index (χ0n) is 8.66. The molecule has 1 aliphatic rings. The first-order valence-corrected chi connectivity index (χ1v) is 4.59. The molecule has 1 amide bonds. The average molecular weight is 205 g/mol. The summed E-state index contributed by atoms with van der Waals surface area (Å²) >= 11 is 0. The maximum absolute atomic E-state index is 12.8.